The Morgan fingerprint density at radius 3 is 2.95 bits per heavy atom. The van der Waals surface area contributed by atoms with Crippen molar-refractivity contribution in [3.05, 3.63) is 23.9 Å². The minimum atomic E-state index is 0.708. The first-order valence-electron chi connectivity index (χ1n) is 7.65. The van der Waals surface area contributed by atoms with Crippen molar-refractivity contribution in [2.75, 3.05) is 18.5 Å². The van der Waals surface area contributed by atoms with E-state index < -0.39 is 0 Å². The SMILES string of the molecule is CCCNc1cc(COCC2CCCCC2)ccn1. The van der Waals surface area contributed by atoms with Crippen molar-refractivity contribution in [1.29, 1.82) is 0 Å². The molecule has 0 atom stereocenters. The summed E-state index contributed by atoms with van der Waals surface area (Å²) < 4.78 is 5.86. The molecule has 0 amide bonds. The molecule has 1 saturated carbocycles. The normalized spacial score (nSPS) is 16.5. The van der Waals surface area contributed by atoms with E-state index in [1.165, 1.54) is 37.7 Å². The zero-order chi connectivity index (χ0) is 13.3. The number of pyridine rings is 1. The van der Waals surface area contributed by atoms with Crippen LogP contribution in [0.25, 0.3) is 0 Å². The molecule has 3 nitrogen and oxygen atoms in total. The fraction of sp³-hybridized carbons (Fsp3) is 0.688. The second kappa shape index (κ2) is 8.16. The van der Waals surface area contributed by atoms with Crippen molar-refractivity contribution in [2.45, 2.75) is 52.1 Å². The Hall–Kier alpha value is -1.09. The molecular weight excluding hydrogens is 236 g/mol. The maximum Gasteiger partial charge on any atom is 0.126 e. The fourth-order valence-corrected chi connectivity index (χ4v) is 2.61. The van der Waals surface area contributed by atoms with E-state index in [1.807, 2.05) is 12.3 Å². The summed E-state index contributed by atoms with van der Waals surface area (Å²) in [7, 11) is 0. The Morgan fingerprint density at radius 2 is 2.16 bits per heavy atom. The molecule has 1 aromatic heterocycles. The Morgan fingerprint density at radius 1 is 1.32 bits per heavy atom. The monoisotopic (exact) mass is 262 g/mol. The number of aromatic nitrogens is 1. The summed E-state index contributed by atoms with van der Waals surface area (Å²) >= 11 is 0. The summed E-state index contributed by atoms with van der Waals surface area (Å²) in [5.41, 5.74) is 1.21. The lowest BCUT2D eigenvalue weighted by molar-refractivity contribution is 0.0739. The molecule has 0 saturated heterocycles. The first-order chi connectivity index (χ1) is 9.38. The summed E-state index contributed by atoms with van der Waals surface area (Å²) in [6, 6.07) is 4.13. The molecule has 0 radical (unpaired) electrons. The van der Waals surface area contributed by atoms with Crippen molar-refractivity contribution in [3.63, 3.8) is 0 Å². The lowest BCUT2D eigenvalue weighted by atomic mass is 9.90. The smallest absolute Gasteiger partial charge is 0.126 e. The molecular formula is C16H26N2O. The molecule has 0 unspecified atom stereocenters. The van der Waals surface area contributed by atoms with Gasteiger partial charge in [-0.05, 0) is 42.9 Å². The highest BCUT2D eigenvalue weighted by atomic mass is 16.5. The lowest BCUT2D eigenvalue weighted by Crippen LogP contribution is -2.13. The fourth-order valence-electron chi connectivity index (χ4n) is 2.61. The molecule has 1 aliphatic carbocycles. The lowest BCUT2D eigenvalue weighted by Gasteiger charge is -2.21. The summed E-state index contributed by atoms with van der Waals surface area (Å²) in [6.07, 6.45) is 9.84. The molecule has 0 aromatic carbocycles. The van der Waals surface area contributed by atoms with Gasteiger partial charge in [0.25, 0.3) is 0 Å². The van der Waals surface area contributed by atoms with E-state index >= 15 is 0 Å². The molecule has 1 aromatic rings. The third-order valence-electron chi connectivity index (χ3n) is 3.73. The van der Waals surface area contributed by atoms with Gasteiger partial charge in [-0.25, -0.2) is 4.98 Å². The van der Waals surface area contributed by atoms with Crippen LogP contribution < -0.4 is 5.32 Å². The van der Waals surface area contributed by atoms with Gasteiger partial charge in [0.05, 0.1) is 6.61 Å². The van der Waals surface area contributed by atoms with Crippen molar-refractivity contribution in [1.82, 2.24) is 4.98 Å². The van der Waals surface area contributed by atoms with E-state index in [4.69, 9.17) is 4.74 Å². The molecule has 1 heterocycles. The van der Waals surface area contributed by atoms with Crippen molar-refractivity contribution in [2.24, 2.45) is 5.92 Å². The van der Waals surface area contributed by atoms with E-state index in [0.29, 0.717) is 6.61 Å². The van der Waals surface area contributed by atoms with Crippen LogP contribution in [0.4, 0.5) is 5.82 Å². The molecule has 0 spiro atoms. The van der Waals surface area contributed by atoms with Gasteiger partial charge in [0.2, 0.25) is 0 Å². The average molecular weight is 262 g/mol. The largest absolute Gasteiger partial charge is 0.376 e. The summed E-state index contributed by atoms with van der Waals surface area (Å²) in [5, 5.41) is 3.31. The number of ether oxygens (including phenoxy) is 1. The van der Waals surface area contributed by atoms with Gasteiger partial charge in [-0.3, -0.25) is 0 Å². The van der Waals surface area contributed by atoms with Gasteiger partial charge in [-0.2, -0.15) is 0 Å². The third kappa shape index (κ3) is 5.19. The van der Waals surface area contributed by atoms with Gasteiger partial charge < -0.3 is 10.1 Å². The second-order valence-electron chi connectivity index (χ2n) is 5.50. The summed E-state index contributed by atoms with van der Waals surface area (Å²) in [5.74, 6) is 1.74. The van der Waals surface area contributed by atoms with Gasteiger partial charge in [0.15, 0.2) is 0 Å². The van der Waals surface area contributed by atoms with Gasteiger partial charge in [0, 0.05) is 19.3 Å². The van der Waals surface area contributed by atoms with E-state index in [-0.39, 0.29) is 0 Å². The summed E-state index contributed by atoms with van der Waals surface area (Å²) in [6.45, 7) is 4.75. The zero-order valence-electron chi connectivity index (χ0n) is 12.0. The van der Waals surface area contributed by atoms with Crippen LogP contribution in [-0.2, 0) is 11.3 Å². The van der Waals surface area contributed by atoms with Crippen molar-refractivity contribution < 1.29 is 4.74 Å². The second-order valence-corrected chi connectivity index (χ2v) is 5.50. The molecule has 2 rings (SSSR count). The van der Waals surface area contributed by atoms with Gasteiger partial charge in [-0.1, -0.05) is 26.2 Å². The van der Waals surface area contributed by atoms with Crippen LogP contribution in [0.3, 0.4) is 0 Å². The maximum absolute atomic E-state index is 5.86. The van der Waals surface area contributed by atoms with Gasteiger partial charge in [0.1, 0.15) is 5.82 Å². The topological polar surface area (TPSA) is 34.1 Å². The molecule has 3 heteroatoms. The van der Waals surface area contributed by atoms with Crippen LogP contribution in [-0.4, -0.2) is 18.1 Å². The molecule has 0 bridgehead atoms. The van der Waals surface area contributed by atoms with Crippen LogP contribution in [0.1, 0.15) is 51.0 Å². The first kappa shape index (κ1) is 14.3. The number of hydrogen-bond acceptors (Lipinski definition) is 3. The number of nitrogens with zero attached hydrogens (tertiary/aromatic N) is 1. The summed E-state index contributed by atoms with van der Waals surface area (Å²) in [4.78, 5) is 4.31. The minimum absolute atomic E-state index is 0.708. The standard InChI is InChI=1S/C16H26N2O/c1-2-9-17-16-11-15(8-10-18-16)13-19-12-14-6-4-3-5-7-14/h8,10-11,14H,2-7,9,12-13H2,1H3,(H,17,18). The van der Waals surface area contributed by atoms with Crippen LogP contribution in [0.15, 0.2) is 18.3 Å². The Balaban J connectivity index is 1.72. The quantitative estimate of drug-likeness (QED) is 0.806. The van der Waals surface area contributed by atoms with Crippen LogP contribution >= 0.6 is 0 Å². The maximum atomic E-state index is 5.86. The predicted molar refractivity (Wildman–Crippen MR) is 79.2 cm³/mol. The average Bonchev–Trinajstić information content (AvgIpc) is 2.47. The van der Waals surface area contributed by atoms with Crippen molar-refractivity contribution >= 4 is 5.82 Å². The molecule has 106 valence electrons. The number of anilines is 1. The van der Waals surface area contributed by atoms with Crippen LogP contribution in [0.2, 0.25) is 0 Å². The predicted octanol–water partition coefficient (Wildman–Crippen LogP) is 4.00. The number of rotatable bonds is 7. The Bertz CT molecular complexity index is 362. The number of nitrogens with one attached hydrogen (secondary N) is 1. The van der Waals surface area contributed by atoms with Crippen molar-refractivity contribution in [3.8, 4) is 0 Å². The van der Waals surface area contributed by atoms with E-state index in [2.05, 4.69) is 23.3 Å². The zero-order valence-corrected chi connectivity index (χ0v) is 12.0. The van der Waals surface area contributed by atoms with Crippen LogP contribution in [0.5, 0.6) is 0 Å². The minimum Gasteiger partial charge on any atom is -0.376 e. The first-order valence-corrected chi connectivity index (χ1v) is 7.65. The highest BCUT2D eigenvalue weighted by Crippen LogP contribution is 2.24. The van der Waals surface area contributed by atoms with Gasteiger partial charge in [-0.15, -0.1) is 0 Å². The molecule has 1 fully saturated rings. The van der Waals surface area contributed by atoms with Crippen LogP contribution in [0, 0.1) is 5.92 Å². The van der Waals surface area contributed by atoms with E-state index in [0.717, 1.165) is 31.3 Å². The third-order valence-corrected chi connectivity index (χ3v) is 3.73. The Kier molecular flexibility index (Phi) is 6.15. The Labute approximate surface area is 116 Å². The van der Waals surface area contributed by atoms with E-state index in [9.17, 15) is 0 Å². The molecule has 1 aliphatic rings. The molecule has 19 heavy (non-hydrogen) atoms. The molecule has 1 N–H and O–H groups in total. The highest BCUT2D eigenvalue weighted by Gasteiger charge is 2.13. The number of hydrogen-bond donors (Lipinski definition) is 1. The van der Waals surface area contributed by atoms with Gasteiger partial charge >= 0.3 is 0 Å². The van der Waals surface area contributed by atoms with E-state index in [1.54, 1.807) is 0 Å². The molecule has 0 aliphatic heterocycles. The highest BCUT2D eigenvalue weighted by molar-refractivity contribution is 5.37.